The molecule has 0 unspecified atom stereocenters. The zero-order valence-electron chi connectivity index (χ0n) is 20.4. The summed E-state index contributed by atoms with van der Waals surface area (Å²) in [6.45, 7) is 11.7. The van der Waals surface area contributed by atoms with Crippen molar-refractivity contribution in [2.75, 3.05) is 0 Å². The highest BCUT2D eigenvalue weighted by Crippen LogP contribution is 2.20. The van der Waals surface area contributed by atoms with Crippen LogP contribution in [-0.4, -0.2) is 37.1 Å². The first kappa shape index (κ1) is 27.3. The summed E-state index contributed by atoms with van der Waals surface area (Å²) >= 11 is 3.25. The molecule has 0 amide bonds. The van der Waals surface area contributed by atoms with Crippen LogP contribution in [0.25, 0.3) is 11.3 Å². The topological polar surface area (TPSA) is 92.0 Å². The van der Waals surface area contributed by atoms with Crippen LogP contribution in [0.15, 0.2) is 65.5 Å². The minimum Gasteiger partial charge on any atom is -0.423 e. The fourth-order valence-electron chi connectivity index (χ4n) is 3.11. The molecule has 176 valence electrons. The van der Waals surface area contributed by atoms with Gasteiger partial charge in [-0.1, -0.05) is 6.07 Å². The molecule has 0 aliphatic heterocycles. The van der Waals surface area contributed by atoms with E-state index >= 15 is 0 Å². The Balaban J connectivity index is 0.000000190. The lowest BCUT2D eigenvalue weighted by molar-refractivity contribution is 0.425. The van der Waals surface area contributed by atoms with Crippen LogP contribution in [0, 0.1) is 41.5 Å². The van der Waals surface area contributed by atoms with Gasteiger partial charge in [-0.05, 0) is 111 Å². The van der Waals surface area contributed by atoms with Gasteiger partial charge < -0.3 is 10.0 Å². The summed E-state index contributed by atoms with van der Waals surface area (Å²) in [5.41, 5.74) is 8.66. The van der Waals surface area contributed by atoms with Crippen molar-refractivity contribution >= 4 is 28.5 Å². The van der Waals surface area contributed by atoms with E-state index in [2.05, 4.69) is 54.9 Å². The van der Waals surface area contributed by atoms with Gasteiger partial charge in [0.1, 0.15) is 4.60 Å². The Hall–Kier alpha value is -2.94. The Bertz CT molecular complexity index is 1220. The van der Waals surface area contributed by atoms with E-state index in [0.717, 1.165) is 32.9 Å². The number of hydrogen-bond donors (Lipinski definition) is 2. The number of nitrogens with zero attached hydrogens (tertiary/aromatic N) is 4. The third-order valence-corrected chi connectivity index (χ3v) is 5.28. The lowest BCUT2D eigenvalue weighted by Gasteiger charge is -2.05. The third-order valence-electron chi connectivity index (χ3n) is 4.84. The second-order valence-electron chi connectivity index (χ2n) is 7.96. The van der Waals surface area contributed by atoms with Crippen molar-refractivity contribution < 1.29 is 10.0 Å². The summed E-state index contributed by atoms with van der Waals surface area (Å²) in [5.74, 6) is 0. The fraction of sp³-hybridized carbons (Fsp3) is 0.231. The van der Waals surface area contributed by atoms with E-state index in [1.54, 1.807) is 25.3 Å². The maximum atomic E-state index is 8.81. The van der Waals surface area contributed by atoms with Gasteiger partial charge in [0, 0.05) is 46.2 Å². The average Bonchev–Trinajstić information content (AvgIpc) is 2.74. The minimum atomic E-state index is -1.41. The number of pyridine rings is 4. The van der Waals surface area contributed by atoms with Crippen molar-refractivity contribution in [3.63, 3.8) is 0 Å². The molecule has 0 spiro atoms. The molecule has 0 fully saturated rings. The number of halogens is 1. The summed E-state index contributed by atoms with van der Waals surface area (Å²) in [5, 5.41) is 17.6. The summed E-state index contributed by atoms with van der Waals surface area (Å²) in [4.78, 5) is 16.8. The van der Waals surface area contributed by atoms with Crippen molar-refractivity contribution in [1.29, 1.82) is 0 Å². The van der Waals surface area contributed by atoms with Crippen LogP contribution in [0.5, 0.6) is 0 Å². The van der Waals surface area contributed by atoms with Crippen LogP contribution in [-0.2, 0) is 0 Å². The molecule has 34 heavy (non-hydrogen) atoms. The second-order valence-corrected chi connectivity index (χ2v) is 8.77. The van der Waals surface area contributed by atoms with Crippen LogP contribution in [0.3, 0.4) is 0 Å². The molecule has 4 rings (SSSR count). The predicted molar refractivity (Wildman–Crippen MR) is 142 cm³/mol. The van der Waals surface area contributed by atoms with Crippen LogP contribution in [0.4, 0.5) is 0 Å². The summed E-state index contributed by atoms with van der Waals surface area (Å²) in [6.07, 6.45) is 3.61. The van der Waals surface area contributed by atoms with Gasteiger partial charge in [-0.2, -0.15) is 0 Å². The smallest absolute Gasteiger partial charge is 0.423 e. The van der Waals surface area contributed by atoms with E-state index < -0.39 is 7.12 Å². The van der Waals surface area contributed by atoms with E-state index in [9.17, 15) is 0 Å². The Labute approximate surface area is 210 Å². The Morgan fingerprint density at radius 2 is 1.24 bits per heavy atom. The van der Waals surface area contributed by atoms with Gasteiger partial charge in [0.05, 0.1) is 5.69 Å². The van der Waals surface area contributed by atoms with Gasteiger partial charge in [-0.15, -0.1) is 0 Å². The molecule has 4 aromatic rings. The molecule has 0 atom stereocenters. The third kappa shape index (κ3) is 8.78. The molecule has 0 radical (unpaired) electrons. The van der Waals surface area contributed by atoms with Crippen LogP contribution in [0.1, 0.15) is 33.9 Å². The maximum absolute atomic E-state index is 8.81. The molecule has 4 heterocycles. The molecule has 0 aliphatic carbocycles. The molecule has 4 aromatic heterocycles. The minimum absolute atomic E-state index is 0.468. The van der Waals surface area contributed by atoms with E-state index in [4.69, 9.17) is 10.0 Å². The molecule has 6 nitrogen and oxygen atoms in total. The molecule has 8 heteroatoms. The zero-order valence-corrected chi connectivity index (χ0v) is 22.0. The second kappa shape index (κ2) is 13.1. The maximum Gasteiger partial charge on any atom is 0.490 e. The van der Waals surface area contributed by atoms with E-state index in [-0.39, 0.29) is 0 Å². The van der Waals surface area contributed by atoms with Crippen LogP contribution >= 0.6 is 15.9 Å². The van der Waals surface area contributed by atoms with Gasteiger partial charge >= 0.3 is 7.12 Å². The lowest BCUT2D eigenvalue weighted by Crippen LogP contribution is -2.32. The van der Waals surface area contributed by atoms with Crippen molar-refractivity contribution in [3.05, 3.63) is 99.4 Å². The number of aryl methyl sites for hydroxylation is 6. The molecular formula is C26H30BBrN4O2. The first-order valence-corrected chi connectivity index (χ1v) is 11.6. The van der Waals surface area contributed by atoms with E-state index in [0.29, 0.717) is 11.2 Å². The Morgan fingerprint density at radius 1 is 0.676 bits per heavy atom. The molecule has 0 saturated heterocycles. The van der Waals surface area contributed by atoms with Gasteiger partial charge in [-0.25, -0.2) is 4.98 Å². The molecule has 0 aromatic carbocycles. The SMILES string of the molecule is Cc1ccc(B(O)O)c(C)n1.Cc1ccnc(-c2ccc(C)nc2C)c1.Cc1ccnc(Br)c1. The van der Waals surface area contributed by atoms with Crippen molar-refractivity contribution in [3.8, 4) is 11.3 Å². The molecule has 0 saturated carbocycles. The van der Waals surface area contributed by atoms with Crippen LogP contribution in [0.2, 0.25) is 0 Å². The monoisotopic (exact) mass is 520 g/mol. The summed E-state index contributed by atoms with van der Waals surface area (Å²) in [6, 6.07) is 15.5. The lowest BCUT2D eigenvalue weighted by atomic mass is 9.79. The largest absolute Gasteiger partial charge is 0.490 e. The van der Waals surface area contributed by atoms with Gasteiger partial charge in [0.25, 0.3) is 0 Å². The van der Waals surface area contributed by atoms with Crippen molar-refractivity contribution in [1.82, 2.24) is 19.9 Å². The zero-order chi connectivity index (χ0) is 25.3. The quantitative estimate of drug-likeness (QED) is 0.296. The van der Waals surface area contributed by atoms with Crippen molar-refractivity contribution in [2.45, 2.75) is 41.5 Å². The first-order chi connectivity index (χ1) is 16.1. The van der Waals surface area contributed by atoms with Gasteiger partial charge in [-0.3, -0.25) is 15.0 Å². The van der Waals surface area contributed by atoms with E-state index in [1.807, 2.05) is 58.2 Å². The molecular weight excluding hydrogens is 491 g/mol. The molecule has 0 bridgehead atoms. The summed E-state index contributed by atoms with van der Waals surface area (Å²) < 4.78 is 0.900. The van der Waals surface area contributed by atoms with Gasteiger partial charge in [0.15, 0.2) is 0 Å². The van der Waals surface area contributed by atoms with E-state index in [1.165, 1.54) is 11.1 Å². The normalized spacial score (nSPS) is 9.91. The first-order valence-electron chi connectivity index (χ1n) is 10.8. The Morgan fingerprint density at radius 3 is 1.71 bits per heavy atom. The Kier molecular flexibility index (Phi) is 10.5. The predicted octanol–water partition coefficient (Wildman–Crippen LogP) is 4.60. The highest BCUT2D eigenvalue weighted by molar-refractivity contribution is 9.10. The number of rotatable bonds is 2. The van der Waals surface area contributed by atoms with Crippen molar-refractivity contribution in [2.24, 2.45) is 0 Å². The standard InChI is InChI=1S/C13H14N2.C7H10BNO2.C6H6BrN/c1-9-6-7-14-13(8-9)12-5-4-10(2)15-11(12)3;1-5-3-4-7(8(10)11)6(2)9-5;1-5-2-3-8-6(7)4-5/h4-8H,1-3H3;3-4,10-11H,1-2H3;2-4H,1H3. The van der Waals surface area contributed by atoms with Crippen LogP contribution < -0.4 is 5.46 Å². The number of hydrogen-bond acceptors (Lipinski definition) is 6. The highest BCUT2D eigenvalue weighted by atomic mass is 79.9. The molecule has 2 N–H and O–H groups in total. The fourth-order valence-corrected chi connectivity index (χ4v) is 3.59. The summed E-state index contributed by atoms with van der Waals surface area (Å²) in [7, 11) is -1.41. The highest BCUT2D eigenvalue weighted by Gasteiger charge is 2.13. The average molecular weight is 521 g/mol. The van der Waals surface area contributed by atoms with Gasteiger partial charge in [0.2, 0.25) is 0 Å². The molecule has 0 aliphatic rings. The number of aromatic nitrogens is 4.